The SMILES string of the molecule is Cc1cc(NC(=O)c2ccccc2S(C)(=O)=O)n(-c2nc3c(Cl)cccc3s2)n1. The van der Waals surface area contributed by atoms with Gasteiger partial charge in [0.2, 0.25) is 5.13 Å². The average molecular weight is 447 g/mol. The molecule has 2 aromatic heterocycles. The van der Waals surface area contributed by atoms with Gasteiger partial charge in [-0.05, 0) is 31.2 Å². The van der Waals surface area contributed by atoms with Crippen LogP contribution < -0.4 is 5.32 Å². The van der Waals surface area contributed by atoms with E-state index in [-0.39, 0.29) is 10.5 Å². The number of carbonyl (C=O) groups is 1. The molecule has 0 aliphatic rings. The topological polar surface area (TPSA) is 94.0 Å². The highest BCUT2D eigenvalue weighted by Crippen LogP contribution is 2.31. The maximum atomic E-state index is 12.8. The number of sulfone groups is 1. The first-order valence-corrected chi connectivity index (χ1v) is 11.5. The number of fused-ring (bicyclic) bond motifs is 1. The molecular formula is C19H15ClN4O3S2. The van der Waals surface area contributed by atoms with Gasteiger partial charge >= 0.3 is 0 Å². The van der Waals surface area contributed by atoms with E-state index in [1.807, 2.05) is 12.1 Å². The minimum absolute atomic E-state index is 0.0351. The number of amides is 1. The summed E-state index contributed by atoms with van der Waals surface area (Å²) in [5.41, 5.74) is 1.39. The Balaban J connectivity index is 1.75. The number of carbonyl (C=O) groups excluding carboxylic acids is 1. The quantitative estimate of drug-likeness (QED) is 0.509. The minimum atomic E-state index is -3.56. The standard InChI is InChI=1S/C19H15ClN4O3S2/c1-11-10-16(21-18(25)12-6-3-4-9-15(12)29(2,26)27)24(23-11)19-22-17-13(20)7-5-8-14(17)28-19/h3-10H,1-2H3,(H,21,25). The molecule has 0 radical (unpaired) electrons. The smallest absolute Gasteiger partial charge is 0.258 e. The van der Waals surface area contributed by atoms with Gasteiger partial charge in [0.15, 0.2) is 9.84 Å². The molecule has 0 unspecified atom stereocenters. The van der Waals surface area contributed by atoms with Crippen molar-refractivity contribution in [2.24, 2.45) is 0 Å². The molecule has 0 bridgehead atoms. The Morgan fingerprint density at radius 1 is 1.17 bits per heavy atom. The molecule has 10 heteroatoms. The molecule has 2 aromatic carbocycles. The first kappa shape index (κ1) is 19.6. The van der Waals surface area contributed by atoms with Gasteiger partial charge in [0.05, 0.1) is 25.9 Å². The monoisotopic (exact) mass is 446 g/mol. The highest BCUT2D eigenvalue weighted by atomic mass is 35.5. The van der Waals surface area contributed by atoms with E-state index in [2.05, 4.69) is 15.4 Å². The van der Waals surface area contributed by atoms with Crippen LogP contribution in [0.5, 0.6) is 0 Å². The van der Waals surface area contributed by atoms with E-state index in [0.717, 1.165) is 11.0 Å². The van der Waals surface area contributed by atoms with Crippen LogP contribution in [0.1, 0.15) is 16.1 Å². The van der Waals surface area contributed by atoms with Crippen molar-refractivity contribution in [1.82, 2.24) is 14.8 Å². The fourth-order valence-corrected chi connectivity index (χ4v) is 5.01. The summed E-state index contributed by atoms with van der Waals surface area (Å²) < 4.78 is 26.4. The van der Waals surface area contributed by atoms with Gasteiger partial charge < -0.3 is 5.32 Å². The molecule has 1 amide bonds. The van der Waals surface area contributed by atoms with Crippen LogP contribution in [0, 0.1) is 6.92 Å². The van der Waals surface area contributed by atoms with Gasteiger partial charge in [-0.1, -0.05) is 41.1 Å². The Labute approximate surface area is 175 Å². The molecule has 0 fully saturated rings. The van der Waals surface area contributed by atoms with Gasteiger partial charge in [-0.3, -0.25) is 4.79 Å². The minimum Gasteiger partial charge on any atom is -0.306 e. The van der Waals surface area contributed by atoms with Crippen LogP contribution in [0.3, 0.4) is 0 Å². The highest BCUT2D eigenvalue weighted by Gasteiger charge is 2.21. The van der Waals surface area contributed by atoms with Crippen LogP contribution in [0.25, 0.3) is 15.3 Å². The number of nitrogens with one attached hydrogen (secondary N) is 1. The second-order valence-corrected chi connectivity index (χ2v) is 9.79. The number of aromatic nitrogens is 3. The van der Waals surface area contributed by atoms with Crippen LogP contribution in [0.4, 0.5) is 5.82 Å². The van der Waals surface area contributed by atoms with Crippen molar-refractivity contribution in [1.29, 1.82) is 0 Å². The van der Waals surface area contributed by atoms with E-state index in [4.69, 9.17) is 11.6 Å². The first-order valence-electron chi connectivity index (χ1n) is 8.46. The lowest BCUT2D eigenvalue weighted by atomic mass is 10.2. The van der Waals surface area contributed by atoms with Gasteiger partial charge in [-0.15, -0.1) is 0 Å². The predicted molar refractivity (Wildman–Crippen MR) is 114 cm³/mol. The van der Waals surface area contributed by atoms with Crippen LogP contribution in [0.2, 0.25) is 5.02 Å². The Morgan fingerprint density at radius 2 is 1.93 bits per heavy atom. The second-order valence-electron chi connectivity index (χ2n) is 6.39. The first-order chi connectivity index (χ1) is 13.7. The molecular weight excluding hydrogens is 432 g/mol. The molecule has 4 aromatic rings. The molecule has 0 saturated heterocycles. The van der Waals surface area contributed by atoms with Crippen molar-refractivity contribution in [3.05, 3.63) is 64.8 Å². The predicted octanol–water partition coefficient (Wildman–Crippen LogP) is 4.10. The lowest BCUT2D eigenvalue weighted by Gasteiger charge is -2.09. The zero-order valence-corrected chi connectivity index (χ0v) is 17.8. The molecule has 0 aliphatic carbocycles. The largest absolute Gasteiger partial charge is 0.306 e. The van der Waals surface area contributed by atoms with E-state index < -0.39 is 15.7 Å². The Hall–Kier alpha value is -2.75. The molecule has 4 rings (SSSR count). The van der Waals surface area contributed by atoms with Gasteiger partial charge in [0.25, 0.3) is 5.91 Å². The maximum absolute atomic E-state index is 12.8. The molecule has 29 heavy (non-hydrogen) atoms. The van der Waals surface area contributed by atoms with Crippen molar-refractivity contribution in [2.75, 3.05) is 11.6 Å². The Kier molecular flexibility index (Phi) is 4.89. The van der Waals surface area contributed by atoms with Crippen molar-refractivity contribution in [3.63, 3.8) is 0 Å². The summed E-state index contributed by atoms with van der Waals surface area (Å²) in [6, 6.07) is 13.2. The number of hydrogen-bond donors (Lipinski definition) is 1. The third-order valence-corrected chi connectivity index (χ3v) is 6.60. The maximum Gasteiger partial charge on any atom is 0.258 e. The number of hydrogen-bond acceptors (Lipinski definition) is 6. The van der Waals surface area contributed by atoms with Gasteiger partial charge in [-0.2, -0.15) is 9.78 Å². The average Bonchev–Trinajstić information content (AvgIpc) is 3.25. The molecule has 2 heterocycles. The summed E-state index contributed by atoms with van der Waals surface area (Å²) in [5.74, 6) is -0.169. The number of halogens is 1. The van der Waals surface area contributed by atoms with Crippen molar-refractivity contribution in [2.45, 2.75) is 11.8 Å². The summed E-state index contributed by atoms with van der Waals surface area (Å²) in [6.45, 7) is 1.79. The molecule has 148 valence electrons. The van der Waals surface area contributed by atoms with E-state index in [0.29, 0.717) is 27.2 Å². The van der Waals surface area contributed by atoms with Crippen LogP contribution in [-0.4, -0.2) is 35.3 Å². The summed E-state index contributed by atoms with van der Waals surface area (Å²) >= 11 is 7.60. The van der Waals surface area contributed by atoms with Gasteiger partial charge in [0.1, 0.15) is 11.3 Å². The third kappa shape index (κ3) is 3.76. The lowest BCUT2D eigenvalue weighted by Crippen LogP contribution is -2.18. The zero-order chi connectivity index (χ0) is 20.8. The summed E-state index contributed by atoms with van der Waals surface area (Å²) in [7, 11) is -3.56. The van der Waals surface area contributed by atoms with Crippen molar-refractivity contribution < 1.29 is 13.2 Å². The number of aryl methyl sites for hydroxylation is 1. The molecule has 0 atom stereocenters. The lowest BCUT2D eigenvalue weighted by molar-refractivity contribution is 0.102. The molecule has 0 saturated carbocycles. The van der Waals surface area contributed by atoms with Crippen LogP contribution in [-0.2, 0) is 9.84 Å². The van der Waals surface area contributed by atoms with Crippen LogP contribution in [0.15, 0.2) is 53.4 Å². The van der Waals surface area contributed by atoms with Gasteiger partial charge in [-0.25, -0.2) is 13.4 Å². The van der Waals surface area contributed by atoms with Crippen LogP contribution >= 0.6 is 22.9 Å². The molecule has 1 N–H and O–H groups in total. The summed E-state index contributed by atoms with van der Waals surface area (Å²) in [5, 5.41) is 8.22. The fraction of sp³-hybridized carbons (Fsp3) is 0.105. The Morgan fingerprint density at radius 3 is 2.66 bits per heavy atom. The number of benzene rings is 2. The van der Waals surface area contributed by atoms with Gasteiger partial charge in [0, 0.05) is 12.3 Å². The van der Waals surface area contributed by atoms with E-state index in [1.165, 1.54) is 28.2 Å². The fourth-order valence-electron chi connectivity index (χ4n) is 2.89. The second kappa shape index (κ2) is 7.25. The number of para-hydroxylation sites is 1. The number of anilines is 1. The molecule has 0 aliphatic heterocycles. The van der Waals surface area contributed by atoms with E-state index >= 15 is 0 Å². The number of rotatable bonds is 4. The Bertz CT molecular complexity index is 1360. The van der Waals surface area contributed by atoms with E-state index in [9.17, 15) is 13.2 Å². The summed E-state index contributed by atoms with van der Waals surface area (Å²) in [4.78, 5) is 17.3. The highest BCUT2D eigenvalue weighted by molar-refractivity contribution is 7.90. The summed E-state index contributed by atoms with van der Waals surface area (Å²) in [6.07, 6.45) is 1.07. The van der Waals surface area contributed by atoms with Crippen molar-refractivity contribution >= 4 is 54.7 Å². The zero-order valence-electron chi connectivity index (χ0n) is 15.4. The number of thiazole rings is 1. The molecule has 0 spiro atoms. The normalized spacial score (nSPS) is 11.7. The molecule has 7 nitrogen and oxygen atoms in total. The van der Waals surface area contributed by atoms with E-state index in [1.54, 1.807) is 31.2 Å². The van der Waals surface area contributed by atoms with Crippen molar-refractivity contribution in [3.8, 4) is 5.13 Å². The third-order valence-electron chi connectivity index (χ3n) is 4.14. The number of nitrogens with zero attached hydrogens (tertiary/aromatic N) is 3.